The molecule has 0 fully saturated rings. The third kappa shape index (κ3) is 3.29. The third-order valence-corrected chi connectivity index (χ3v) is 3.48. The minimum absolute atomic E-state index is 0.0456. The maximum absolute atomic E-state index is 12.3. The van der Waals surface area contributed by atoms with Gasteiger partial charge in [0.15, 0.2) is 0 Å². The first-order valence-electron chi connectivity index (χ1n) is 5.73. The number of hydrogen-bond donors (Lipinski definition) is 0. The zero-order valence-electron chi connectivity index (χ0n) is 10.8. The number of aromatic nitrogens is 1. The van der Waals surface area contributed by atoms with Gasteiger partial charge in [-0.25, -0.2) is 4.98 Å². The van der Waals surface area contributed by atoms with E-state index in [-0.39, 0.29) is 27.3 Å². The Bertz CT molecular complexity index is 704. The second kappa shape index (κ2) is 6.07. The molecule has 0 N–H and O–H groups in total. The molecule has 1 heterocycles. The number of rotatable bonds is 3. The van der Waals surface area contributed by atoms with Gasteiger partial charge in [-0.05, 0) is 18.2 Å². The van der Waals surface area contributed by atoms with Crippen molar-refractivity contribution in [1.82, 2.24) is 4.98 Å². The molecule has 21 heavy (non-hydrogen) atoms. The molecule has 0 aliphatic heterocycles. The van der Waals surface area contributed by atoms with E-state index in [0.717, 1.165) is 0 Å². The van der Waals surface area contributed by atoms with E-state index >= 15 is 0 Å². The number of carbonyl (C=O) groups excluding carboxylic acids is 1. The number of nitrogens with zero attached hydrogens (tertiary/aromatic N) is 3. The van der Waals surface area contributed by atoms with Gasteiger partial charge in [0, 0.05) is 31.1 Å². The van der Waals surface area contributed by atoms with E-state index in [0.29, 0.717) is 5.69 Å². The first-order chi connectivity index (χ1) is 9.90. The Morgan fingerprint density at radius 3 is 2.43 bits per heavy atom. The van der Waals surface area contributed by atoms with Gasteiger partial charge in [0.25, 0.3) is 11.6 Å². The van der Waals surface area contributed by atoms with Crippen LogP contribution in [0.25, 0.3) is 0 Å². The fourth-order valence-electron chi connectivity index (χ4n) is 1.65. The Morgan fingerprint density at radius 1 is 1.29 bits per heavy atom. The first-order valence-corrected chi connectivity index (χ1v) is 6.49. The highest BCUT2D eigenvalue weighted by Gasteiger charge is 2.16. The standard InChI is InChI=1S/C13H9Cl2N3O3/c1-17(9-2-4-10(5-3-9)18(20)21)13(19)8-6-11(14)12(15)16-7-8/h2-7H,1H3. The predicted molar refractivity (Wildman–Crippen MR) is 80.1 cm³/mol. The van der Waals surface area contributed by atoms with E-state index < -0.39 is 4.92 Å². The average molecular weight is 326 g/mol. The predicted octanol–water partition coefficient (Wildman–Crippen LogP) is 3.57. The van der Waals surface area contributed by atoms with Crippen molar-refractivity contribution in [2.45, 2.75) is 0 Å². The van der Waals surface area contributed by atoms with Crippen LogP contribution in [-0.4, -0.2) is 22.9 Å². The van der Waals surface area contributed by atoms with Crippen LogP contribution in [0.1, 0.15) is 10.4 Å². The molecule has 0 saturated heterocycles. The van der Waals surface area contributed by atoms with Crippen LogP contribution in [0.4, 0.5) is 11.4 Å². The molecule has 0 unspecified atom stereocenters. The van der Waals surface area contributed by atoms with Crippen molar-refractivity contribution in [2.24, 2.45) is 0 Å². The molecule has 1 amide bonds. The van der Waals surface area contributed by atoms with Crippen LogP contribution >= 0.6 is 23.2 Å². The van der Waals surface area contributed by atoms with Crippen molar-refractivity contribution in [3.05, 3.63) is 62.4 Å². The fourth-order valence-corrected chi connectivity index (χ4v) is 1.92. The van der Waals surface area contributed by atoms with E-state index in [9.17, 15) is 14.9 Å². The number of pyridine rings is 1. The summed E-state index contributed by atoms with van der Waals surface area (Å²) in [5.41, 5.74) is 0.734. The molecule has 6 nitrogen and oxygen atoms in total. The van der Waals surface area contributed by atoms with Gasteiger partial charge in [-0.15, -0.1) is 0 Å². The van der Waals surface area contributed by atoms with Crippen LogP contribution in [-0.2, 0) is 0 Å². The lowest BCUT2D eigenvalue weighted by Gasteiger charge is -2.17. The summed E-state index contributed by atoms with van der Waals surface area (Å²) in [5.74, 6) is -0.352. The number of halogens is 2. The summed E-state index contributed by atoms with van der Waals surface area (Å²) < 4.78 is 0. The van der Waals surface area contributed by atoms with Crippen LogP contribution in [0.15, 0.2) is 36.5 Å². The lowest BCUT2D eigenvalue weighted by atomic mass is 10.2. The summed E-state index contributed by atoms with van der Waals surface area (Å²) in [5, 5.41) is 10.9. The van der Waals surface area contributed by atoms with Crippen LogP contribution < -0.4 is 4.90 Å². The molecule has 0 bridgehead atoms. The van der Waals surface area contributed by atoms with Gasteiger partial charge in [-0.2, -0.15) is 0 Å². The maximum Gasteiger partial charge on any atom is 0.269 e. The number of non-ortho nitro benzene ring substituents is 1. The van der Waals surface area contributed by atoms with Crippen molar-refractivity contribution in [1.29, 1.82) is 0 Å². The molecule has 0 saturated carbocycles. The first kappa shape index (κ1) is 15.2. The Kier molecular flexibility index (Phi) is 4.40. The highest BCUT2D eigenvalue weighted by molar-refractivity contribution is 6.41. The molecular weight excluding hydrogens is 317 g/mol. The number of nitro benzene ring substituents is 1. The molecule has 0 aliphatic rings. The van der Waals surface area contributed by atoms with Crippen LogP contribution in [0, 0.1) is 10.1 Å². The van der Waals surface area contributed by atoms with Crippen LogP contribution in [0.3, 0.4) is 0 Å². The van der Waals surface area contributed by atoms with Gasteiger partial charge < -0.3 is 4.90 Å². The van der Waals surface area contributed by atoms with Crippen molar-refractivity contribution in [3.63, 3.8) is 0 Å². The summed E-state index contributed by atoms with van der Waals surface area (Å²) >= 11 is 11.5. The molecule has 108 valence electrons. The highest BCUT2D eigenvalue weighted by Crippen LogP contribution is 2.23. The summed E-state index contributed by atoms with van der Waals surface area (Å²) in [6.45, 7) is 0. The van der Waals surface area contributed by atoms with Crippen molar-refractivity contribution in [2.75, 3.05) is 11.9 Å². The van der Waals surface area contributed by atoms with Gasteiger partial charge in [0.1, 0.15) is 5.15 Å². The zero-order valence-corrected chi connectivity index (χ0v) is 12.3. The quantitative estimate of drug-likeness (QED) is 0.491. The second-order valence-corrected chi connectivity index (χ2v) is 4.90. The van der Waals surface area contributed by atoms with E-state index in [1.807, 2.05) is 0 Å². The summed E-state index contributed by atoms with van der Waals surface area (Å²) in [6.07, 6.45) is 1.32. The Labute approximate surface area is 130 Å². The number of hydrogen-bond acceptors (Lipinski definition) is 4. The van der Waals surface area contributed by atoms with E-state index in [4.69, 9.17) is 23.2 Å². The molecular formula is C13H9Cl2N3O3. The smallest absolute Gasteiger partial charge is 0.269 e. The maximum atomic E-state index is 12.3. The van der Waals surface area contributed by atoms with Crippen molar-refractivity contribution >= 4 is 40.5 Å². The monoisotopic (exact) mass is 325 g/mol. The van der Waals surface area contributed by atoms with Crippen molar-refractivity contribution in [3.8, 4) is 0 Å². The number of benzene rings is 1. The Hall–Kier alpha value is -2.18. The molecule has 2 aromatic rings. The van der Waals surface area contributed by atoms with Gasteiger partial charge in [-0.1, -0.05) is 23.2 Å². The minimum atomic E-state index is -0.505. The summed E-state index contributed by atoms with van der Waals surface area (Å²) in [6, 6.07) is 7.04. The minimum Gasteiger partial charge on any atom is -0.311 e. The molecule has 0 radical (unpaired) electrons. The topological polar surface area (TPSA) is 76.3 Å². The van der Waals surface area contributed by atoms with E-state index in [1.165, 1.54) is 41.4 Å². The fraction of sp³-hybridized carbons (Fsp3) is 0.0769. The molecule has 8 heteroatoms. The van der Waals surface area contributed by atoms with Gasteiger partial charge >= 0.3 is 0 Å². The van der Waals surface area contributed by atoms with E-state index in [2.05, 4.69) is 4.98 Å². The molecule has 1 aromatic carbocycles. The molecule has 0 spiro atoms. The van der Waals surface area contributed by atoms with Crippen molar-refractivity contribution < 1.29 is 9.72 Å². The second-order valence-electron chi connectivity index (χ2n) is 4.13. The Balaban J connectivity index is 2.25. The zero-order chi connectivity index (χ0) is 15.6. The Morgan fingerprint density at radius 2 is 1.90 bits per heavy atom. The largest absolute Gasteiger partial charge is 0.311 e. The lowest BCUT2D eigenvalue weighted by molar-refractivity contribution is -0.384. The SMILES string of the molecule is CN(C(=O)c1cnc(Cl)c(Cl)c1)c1ccc([N+](=O)[O-])cc1. The van der Waals surface area contributed by atoms with Gasteiger partial charge in [-0.3, -0.25) is 14.9 Å². The molecule has 0 atom stereocenters. The number of amides is 1. The van der Waals surface area contributed by atoms with Gasteiger partial charge in [0.2, 0.25) is 0 Å². The third-order valence-electron chi connectivity index (χ3n) is 2.80. The number of nitro groups is 1. The number of carbonyl (C=O) groups is 1. The normalized spacial score (nSPS) is 10.2. The number of anilines is 1. The molecule has 2 rings (SSSR count). The van der Waals surface area contributed by atoms with Gasteiger partial charge in [0.05, 0.1) is 15.5 Å². The van der Waals surface area contributed by atoms with Crippen LogP contribution in [0.5, 0.6) is 0 Å². The lowest BCUT2D eigenvalue weighted by Crippen LogP contribution is -2.26. The average Bonchev–Trinajstić information content (AvgIpc) is 2.48. The summed E-state index contributed by atoms with van der Waals surface area (Å²) in [7, 11) is 1.55. The summed E-state index contributed by atoms with van der Waals surface area (Å²) in [4.78, 5) is 27.5. The highest BCUT2D eigenvalue weighted by atomic mass is 35.5. The van der Waals surface area contributed by atoms with E-state index in [1.54, 1.807) is 7.05 Å². The molecule has 1 aromatic heterocycles. The van der Waals surface area contributed by atoms with Crippen LogP contribution in [0.2, 0.25) is 10.2 Å². The molecule has 0 aliphatic carbocycles.